The largest absolute Gasteiger partial charge is 0.464 e. The predicted octanol–water partition coefficient (Wildman–Crippen LogP) is 3.59. The van der Waals surface area contributed by atoms with Gasteiger partial charge in [0.25, 0.3) is 0 Å². The number of rotatable bonds is 4. The smallest absolute Gasteiger partial charge is 0.134 e. The van der Waals surface area contributed by atoms with Crippen molar-refractivity contribution in [3.63, 3.8) is 0 Å². The molecule has 2 aromatic rings. The van der Waals surface area contributed by atoms with Crippen molar-refractivity contribution in [3.8, 4) is 0 Å². The van der Waals surface area contributed by atoms with Gasteiger partial charge in [0.2, 0.25) is 0 Å². The third-order valence-electron chi connectivity index (χ3n) is 3.22. The fourth-order valence-electron chi connectivity index (χ4n) is 2.03. The van der Waals surface area contributed by atoms with Gasteiger partial charge in [0, 0.05) is 11.4 Å². The molecule has 0 unspecified atom stereocenters. The minimum Gasteiger partial charge on any atom is -0.464 e. The third kappa shape index (κ3) is 2.70. The Morgan fingerprint density at radius 2 is 1.88 bits per heavy atom. The first kappa shape index (κ1) is 12.2. The number of furan rings is 1. The molecule has 1 N–H and O–H groups in total. The van der Waals surface area contributed by atoms with Crippen LogP contribution >= 0.6 is 0 Å². The Labute approximate surface area is 103 Å². The first-order chi connectivity index (χ1) is 8.08. The van der Waals surface area contributed by atoms with Crippen LogP contribution in [0.15, 0.2) is 22.8 Å². The van der Waals surface area contributed by atoms with Crippen LogP contribution in [-0.2, 0) is 6.42 Å². The van der Waals surface area contributed by atoms with Crippen molar-refractivity contribution in [2.24, 2.45) is 0 Å². The van der Waals surface area contributed by atoms with Crippen LogP contribution in [0.5, 0.6) is 0 Å². The van der Waals surface area contributed by atoms with Gasteiger partial charge in [-0.2, -0.15) is 0 Å². The average molecular weight is 231 g/mol. The zero-order chi connectivity index (χ0) is 12.4. The molecular formula is C15H21NO. The van der Waals surface area contributed by atoms with E-state index in [4.69, 9.17) is 4.42 Å². The molecule has 2 nitrogen and oxygen atoms in total. The van der Waals surface area contributed by atoms with Gasteiger partial charge >= 0.3 is 0 Å². The molecule has 0 amide bonds. The van der Waals surface area contributed by atoms with E-state index in [1.54, 1.807) is 0 Å². The minimum absolute atomic E-state index is 0.539. The molecule has 1 heterocycles. The summed E-state index contributed by atoms with van der Waals surface area (Å²) in [6.07, 6.45) is 2.92. The highest BCUT2D eigenvalue weighted by molar-refractivity contribution is 5.82. The van der Waals surface area contributed by atoms with Crippen molar-refractivity contribution in [1.29, 1.82) is 0 Å². The second-order valence-corrected chi connectivity index (χ2v) is 5.05. The molecule has 0 aliphatic heterocycles. The van der Waals surface area contributed by atoms with Gasteiger partial charge in [-0.05, 0) is 55.6 Å². The third-order valence-corrected chi connectivity index (χ3v) is 3.22. The highest BCUT2D eigenvalue weighted by Crippen LogP contribution is 2.24. The van der Waals surface area contributed by atoms with Crippen molar-refractivity contribution in [2.45, 2.75) is 40.2 Å². The Morgan fingerprint density at radius 3 is 2.59 bits per heavy atom. The first-order valence-electron chi connectivity index (χ1n) is 6.28. The summed E-state index contributed by atoms with van der Waals surface area (Å²) >= 11 is 0. The Morgan fingerprint density at radius 1 is 1.18 bits per heavy atom. The molecule has 92 valence electrons. The number of hydrogen-bond donors (Lipinski definition) is 1. The molecule has 0 atom stereocenters. The lowest BCUT2D eigenvalue weighted by atomic mass is 10.0. The van der Waals surface area contributed by atoms with Crippen LogP contribution in [0.25, 0.3) is 11.0 Å². The Bertz CT molecular complexity index is 511. The van der Waals surface area contributed by atoms with Crippen LogP contribution in [-0.4, -0.2) is 12.6 Å². The number of nitrogens with one attached hydrogen (secondary N) is 1. The van der Waals surface area contributed by atoms with E-state index in [9.17, 15) is 0 Å². The summed E-state index contributed by atoms with van der Waals surface area (Å²) in [5.41, 5.74) is 4.93. The highest BCUT2D eigenvalue weighted by atomic mass is 16.3. The van der Waals surface area contributed by atoms with Gasteiger partial charge < -0.3 is 9.73 Å². The fraction of sp³-hybridized carbons (Fsp3) is 0.467. The summed E-state index contributed by atoms with van der Waals surface area (Å²) in [7, 11) is 0. The van der Waals surface area contributed by atoms with E-state index in [1.165, 1.54) is 22.1 Å². The summed E-state index contributed by atoms with van der Waals surface area (Å²) in [5, 5.41) is 4.70. The lowest BCUT2D eigenvalue weighted by molar-refractivity contribution is 0.580. The Balaban J connectivity index is 2.21. The van der Waals surface area contributed by atoms with Gasteiger partial charge in [-0.3, -0.25) is 0 Å². The Hall–Kier alpha value is -1.28. The molecule has 2 rings (SSSR count). The van der Waals surface area contributed by atoms with Crippen LogP contribution in [0.4, 0.5) is 0 Å². The summed E-state index contributed by atoms with van der Waals surface area (Å²) in [5.74, 6) is 0. The van der Waals surface area contributed by atoms with E-state index in [0.717, 1.165) is 18.5 Å². The van der Waals surface area contributed by atoms with Crippen molar-refractivity contribution in [2.75, 3.05) is 6.54 Å². The van der Waals surface area contributed by atoms with Gasteiger partial charge in [0.1, 0.15) is 5.58 Å². The predicted molar refractivity (Wildman–Crippen MR) is 72.5 cm³/mol. The fourth-order valence-corrected chi connectivity index (χ4v) is 2.03. The zero-order valence-electron chi connectivity index (χ0n) is 11.1. The molecule has 17 heavy (non-hydrogen) atoms. The number of fused-ring (bicyclic) bond motifs is 1. The minimum atomic E-state index is 0.539. The summed E-state index contributed by atoms with van der Waals surface area (Å²) in [6.45, 7) is 9.61. The van der Waals surface area contributed by atoms with Crippen molar-refractivity contribution in [1.82, 2.24) is 5.32 Å². The topological polar surface area (TPSA) is 25.2 Å². The van der Waals surface area contributed by atoms with Crippen LogP contribution in [0.2, 0.25) is 0 Å². The van der Waals surface area contributed by atoms with Gasteiger partial charge in [-0.25, -0.2) is 0 Å². The summed E-state index contributed by atoms with van der Waals surface area (Å²) < 4.78 is 5.61. The van der Waals surface area contributed by atoms with E-state index in [2.05, 4.69) is 45.1 Å². The van der Waals surface area contributed by atoms with Gasteiger partial charge in [0.05, 0.1) is 6.26 Å². The van der Waals surface area contributed by atoms with Crippen molar-refractivity contribution >= 4 is 11.0 Å². The van der Waals surface area contributed by atoms with E-state index in [-0.39, 0.29) is 0 Å². The van der Waals surface area contributed by atoms with Gasteiger partial charge in [-0.15, -0.1) is 0 Å². The van der Waals surface area contributed by atoms with Crippen LogP contribution in [0.3, 0.4) is 0 Å². The Kier molecular flexibility index (Phi) is 3.53. The average Bonchev–Trinajstić information content (AvgIpc) is 2.62. The summed E-state index contributed by atoms with van der Waals surface area (Å²) in [4.78, 5) is 0. The molecule has 0 aliphatic carbocycles. The second kappa shape index (κ2) is 4.92. The van der Waals surface area contributed by atoms with E-state index >= 15 is 0 Å². The SMILES string of the molecule is Cc1cc2occ(CCNC(C)C)c2cc1C. The monoisotopic (exact) mass is 231 g/mol. The van der Waals surface area contributed by atoms with Gasteiger partial charge in [-0.1, -0.05) is 13.8 Å². The molecule has 0 bridgehead atoms. The standard InChI is InChI=1S/C15H21NO/c1-10(2)16-6-5-13-9-17-15-8-12(4)11(3)7-14(13)15/h7-10,16H,5-6H2,1-4H3. The first-order valence-corrected chi connectivity index (χ1v) is 6.28. The zero-order valence-corrected chi connectivity index (χ0v) is 11.1. The molecule has 0 spiro atoms. The maximum atomic E-state index is 5.61. The van der Waals surface area contributed by atoms with E-state index in [0.29, 0.717) is 6.04 Å². The molecule has 0 aliphatic rings. The lowest BCUT2D eigenvalue weighted by Crippen LogP contribution is -2.24. The van der Waals surface area contributed by atoms with Crippen molar-refractivity contribution in [3.05, 3.63) is 35.1 Å². The second-order valence-electron chi connectivity index (χ2n) is 5.05. The molecule has 1 aromatic heterocycles. The van der Waals surface area contributed by atoms with Gasteiger partial charge in [0.15, 0.2) is 0 Å². The number of aryl methyl sites for hydroxylation is 2. The maximum absolute atomic E-state index is 5.61. The summed E-state index contributed by atoms with van der Waals surface area (Å²) in [6, 6.07) is 4.90. The van der Waals surface area contributed by atoms with Crippen molar-refractivity contribution < 1.29 is 4.42 Å². The number of benzene rings is 1. The molecular weight excluding hydrogens is 210 g/mol. The molecule has 0 fully saturated rings. The normalized spacial score (nSPS) is 11.6. The maximum Gasteiger partial charge on any atom is 0.134 e. The quantitative estimate of drug-likeness (QED) is 0.870. The lowest BCUT2D eigenvalue weighted by Gasteiger charge is -2.06. The molecule has 0 radical (unpaired) electrons. The number of hydrogen-bond acceptors (Lipinski definition) is 2. The van der Waals surface area contributed by atoms with E-state index < -0.39 is 0 Å². The molecule has 2 heteroatoms. The molecule has 0 saturated heterocycles. The van der Waals surface area contributed by atoms with Crippen LogP contribution in [0, 0.1) is 13.8 Å². The van der Waals surface area contributed by atoms with Crippen LogP contribution < -0.4 is 5.32 Å². The van der Waals surface area contributed by atoms with E-state index in [1.807, 2.05) is 6.26 Å². The molecule has 0 saturated carbocycles. The molecule has 1 aromatic carbocycles. The van der Waals surface area contributed by atoms with Crippen LogP contribution in [0.1, 0.15) is 30.5 Å². The highest BCUT2D eigenvalue weighted by Gasteiger charge is 2.07.